The van der Waals surface area contributed by atoms with Crippen molar-refractivity contribution in [2.45, 2.75) is 31.8 Å². The molecule has 0 saturated carbocycles. The average Bonchev–Trinajstić information content (AvgIpc) is 2.41. The largest absolute Gasteiger partial charge is 0.383 e. The second-order valence-electron chi connectivity index (χ2n) is 5.51. The summed E-state index contributed by atoms with van der Waals surface area (Å²) in [5, 5.41) is 0. The lowest BCUT2D eigenvalue weighted by molar-refractivity contribution is 0.0652. The van der Waals surface area contributed by atoms with E-state index in [-0.39, 0.29) is 0 Å². The van der Waals surface area contributed by atoms with Crippen molar-refractivity contribution >= 4 is 0 Å². The first-order valence-electron chi connectivity index (χ1n) is 7.37. The lowest BCUT2D eigenvalue weighted by atomic mass is 10.1. The first-order valence-corrected chi connectivity index (χ1v) is 7.37. The molecular weight excluding hydrogens is 242 g/mol. The zero-order valence-corrected chi connectivity index (χ0v) is 12.8. The van der Waals surface area contributed by atoms with Gasteiger partial charge in [0.1, 0.15) is 0 Å². The van der Waals surface area contributed by atoms with Gasteiger partial charge in [-0.15, -0.1) is 0 Å². The van der Waals surface area contributed by atoms with Crippen molar-refractivity contribution in [2.75, 3.05) is 60.2 Å². The third kappa shape index (κ3) is 6.68. The molecule has 0 aromatic carbocycles. The fraction of sp³-hybridized carbons (Fsp3) is 1.00. The van der Waals surface area contributed by atoms with Crippen LogP contribution in [0.3, 0.4) is 0 Å². The fourth-order valence-corrected chi connectivity index (χ4v) is 2.55. The van der Waals surface area contributed by atoms with Crippen molar-refractivity contribution in [2.24, 2.45) is 5.73 Å². The zero-order valence-electron chi connectivity index (χ0n) is 12.8. The molecule has 19 heavy (non-hydrogen) atoms. The highest BCUT2D eigenvalue weighted by molar-refractivity contribution is 4.76. The smallest absolute Gasteiger partial charge is 0.0615 e. The van der Waals surface area contributed by atoms with Crippen molar-refractivity contribution in [3.8, 4) is 0 Å². The van der Waals surface area contributed by atoms with E-state index in [4.69, 9.17) is 15.2 Å². The van der Waals surface area contributed by atoms with Gasteiger partial charge in [0.15, 0.2) is 0 Å². The summed E-state index contributed by atoms with van der Waals surface area (Å²) in [4.78, 5) is 4.96. The summed E-state index contributed by atoms with van der Waals surface area (Å²) in [5.74, 6) is 0. The normalized spacial score (nSPS) is 20.1. The Morgan fingerprint density at radius 3 is 2.47 bits per heavy atom. The van der Waals surface area contributed by atoms with Crippen molar-refractivity contribution < 1.29 is 9.47 Å². The molecule has 0 amide bonds. The van der Waals surface area contributed by atoms with Gasteiger partial charge in [0.25, 0.3) is 0 Å². The zero-order chi connectivity index (χ0) is 14.1. The third-order valence-electron chi connectivity index (χ3n) is 3.95. The van der Waals surface area contributed by atoms with Gasteiger partial charge < -0.3 is 20.1 Å². The molecule has 1 saturated heterocycles. The van der Waals surface area contributed by atoms with Crippen LogP contribution in [0.2, 0.25) is 0 Å². The summed E-state index contributed by atoms with van der Waals surface area (Å²) in [6, 6.07) is 0.848. The molecule has 1 rings (SSSR count). The highest BCUT2D eigenvalue weighted by atomic mass is 16.5. The van der Waals surface area contributed by atoms with E-state index in [0.29, 0.717) is 12.1 Å². The molecule has 0 aliphatic carbocycles. The summed E-state index contributed by atoms with van der Waals surface area (Å²) in [6.45, 7) is 9.19. The maximum Gasteiger partial charge on any atom is 0.0615 e. The van der Waals surface area contributed by atoms with Crippen LogP contribution in [0.1, 0.15) is 19.8 Å². The van der Waals surface area contributed by atoms with Crippen molar-refractivity contribution in [3.05, 3.63) is 0 Å². The highest BCUT2D eigenvalue weighted by Crippen LogP contribution is 2.08. The van der Waals surface area contributed by atoms with E-state index >= 15 is 0 Å². The average molecular weight is 273 g/mol. The Morgan fingerprint density at radius 1 is 1.21 bits per heavy atom. The van der Waals surface area contributed by atoms with Crippen molar-refractivity contribution in [1.29, 1.82) is 0 Å². The van der Waals surface area contributed by atoms with Crippen LogP contribution in [0.5, 0.6) is 0 Å². The number of nitrogens with zero attached hydrogens (tertiary/aromatic N) is 2. The Kier molecular flexibility index (Phi) is 8.57. The Labute approximate surface area is 118 Å². The van der Waals surface area contributed by atoms with Crippen LogP contribution < -0.4 is 5.73 Å². The standard InChI is InChI=1S/C14H31N3O2/c1-13(12-19-3)17(10-11-18-2)9-8-16-6-4-14(15)5-7-16/h13-14H,4-12,15H2,1-3H3. The number of likely N-dealkylation sites (tertiary alicyclic amines) is 1. The fourth-order valence-electron chi connectivity index (χ4n) is 2.55. The number of ether oxygens (including phenoxy) is 2. The Hall–Kier alpha value is -0.200. The van der Waals surface area contributed by atoms with Gasteiger partial charge in [-0.1, -0.05) is 0 Å². The molecule has 5 heteroatoms. The molecule has 0 aromatic rings. The van der Waals surface area contributed by atoms with Crippen LogP contribution in [-0.4, -0.2) is 82.0 Å². The van der Waals surface area contributed by atoms with E-state index in [1.165, 1.54) is 0 Å². The molecule has 114 valence electrons. The monoisotopic (exact) mass is 273 g/mol. The quantitative estimate of drug-likeness (QED) is 0.659. The summed E-state index contributed by atoms with van der Waals surface area (Å²) >= 11 is 0. The minimum atomic E-state index is 0.410. The summed E-state index contributed by atoms with van der Waals surface area (Å²) in [7, 11) is 3.52. The van der Waals surface area contributed by atoms with E-state index in [2.05, 4.69) is 16.7 Å². The Morgan fingerprint density at radius 2 is 1.89 bits per heavy atom. The molecule has 0 radical (unpaired) electrons. The molecule has 0 aromatic heterocycles. The van der Waals surface area contributed by atoms with Crippen molar-refractivity contribution in [3.63, 3.8) is 0 Å². The second-order valence-corrected chi connectivity index (χ2v) is 5.51. The van der Waals surface area contributed by atoms with E-state index in [9.17, 15) is 0 Å². The number of hydrogen-bond donors (Lipinski definition) is 1. The molecule has 0 bridgehead atoms. The summed E-state index contributed by atoms with van der Waals surface area (Å²) < 4.78 is 10.5. The van der Waals surface area contributed by atoms with Crippen LogP contribution in [0.15, 0.2) is 0 Å². The number of nitrogens with two attached hydrogens (primary N) is 1. The predicted molar refractivity (Wildman–Crippen MR) is 78.4 cm³/mol. The third-order valence-corrected chi connectivity index (χ3v) is 3.95. The molecular formula is C14H31N3O2. The topological polar surface area (TPSA) is 51.0 Å². The minimum Gasteiger partial charge on any atom is -0.383 e. The summed E-state index contributed by atoms with van der Waals surface area (Å²) in [6.07, 6.45) is 2.26. The van der Waals surface area contributed by atoms with E-state index < -0.39 is 0 Å². The number of methoxy groups -OCH3 is 2. The van der Waals surface area contributed by atoms with Gasteiger partial charge in [0.05, 0.1) is 13.2 Å². The van der Waals surface area contributed by atoms with Crippen molar-refractivity contribution in [1.82, 2.24) is 9.80 Å². The minimum absolute atomic E-state index is 0.410. The first kappa shape index (κ1) is 16.9. The van der Waals surface area contributed by atoms with Crippen LogP contribution in [0.4, 0.5) is 0 Å². The number of piperidine rings is 1. The van der Waals surface area contributed by atoms with Crippen LogP contribution >= 0.6 is 0 Å². The van der Waals surface area contributed by atoms with Gasteiger partial charge in [-0.2, -0.15) is 0 Å². The number of rotatable bonds is 9. The second kappa shape index (κ2) is 9.66. The molecule has 1 aliphatic rings. The molecule has 1 aliphatic heterocycles. The Bertz CT molecular complexity index is 221. The van der Waals surface area contributed by atoms with Gasteiger partial charge >= 0.3 is 0 Å². The van der Waals surface area contributed by atoms with E-state index in [1.807, 2.05) is 0 Å². The molecule has 1 heterocycles. The van der Waals surface area contributed by atoms with Crippen LogP contribution in [0, 0.1) is 0 Å². The van der Waals surface area contributed by atoms with Gasteiger partial charge in [-0.25, -0.2) is 0 Å². The molecule has 1 unspecified atom stereocenters. The SMILES string of the molecule is COCCN(CCN1CCC(N)CC1)C(C)COC. The molecule has 1 atom stereocenters. The maximum absolute atomic E-state index is 5.94. The lowest BCUT2D eigenvalue weighted by Crippen LogP contribution is -2.46. The molecule has 2 N–H and O–H groups in total. The van der Waals surface area contributed by atoms with E-state index in [1.54, 1.807) is 14.2 Å². The maximum atomic E-state index is 5.94. The lowest BCUT2D eigenvalue weighted by Gasteiger charge is -2.34. The van der Waals surface area contributed by atoms with Gasteiger partial charge in [-0.3, -0.25) is 4.90 Å². The van der Waals surface area contributed by atoms with Crippen LogP contribution in [-0.2, 0) is 9.47 Å². The van der Waals surface area contributed by atoms with Gasteiger partial charge in [-0.05, 0) is 32.9 Å². The number of hydrogen-bond acceptors (Lipinski definition) is 5. The van der Waals surface area contributed by atoms with Crippen LogP contribution in [0.25, 0.3) is 0 Å². The summed E-state index contributed by atoms with van der Waals surface area (Å²) in [5.41, 5.74) is 5.94. The Balaban J connectivity index is 2.30. The van der Waals surface area contributed by atoms with Gasteiger partial charge in [0, 0.05) is 45.9 Å². The molecule has 0 spiro atoms. The first-order chi connectivity index (χ1) is 9.17. The highest BCUT2D eigenvalue weighted by Gasteiger charge is 2.18. The molecule has 5 nitrogen and oxygen atoms in total. The van der Waals surface area contributed by atoms with Gasteiger partial charge in [0.2, 0.25) is 0 Å². The van der Waals surface area contributed by atoms with E-state index in [0.717, 1.165) is 58.8 Å². The molecule has 1 fully saturated rings. The predicted octanol–water partition coefficient (Wildman–Crippen LogP) is 0.393.